The first kappa shape index (κ1) is 34.2. The molecule has 1 aliphatic heterocycles. The minimum atomic E-state index is -5.61. The van der Waals surface area contributed by atoms with E-state index in [2.05, 4.69) is 18.0 Å². The molecular formula is C21H30N2O16S3. The van der Waals surface area contributed by atoms with Crippen molar-refractivity contribution in [2.24, 2.45) is 5.92 Å². The van der Waals surface area contributed by atoms with Crippen molar-refractivity contribution in [3.63, 3.8) is 0 Å². The molecule has 0 aromatic heterocycles. The number of hydrogen-bond acceptors (Lipinski definition) is 13. The van der Waals surface area contributed by atoms with E-state index in [1.54, 1.807) is 30.3 Å². The summed E-state index contributed by atoms with van der Waals surface area (Å²) in [5.41, 5.74) is 2.82. The highest BCUT2D eigenvalue weighted by Gasteiger charge is 2.55. The Morgan fingerprint density at radius 1 is 0.857 bits per heavy atom. The number of benzene rings is 1. The highest BCUT2D eigenvalue weighted by Crippen LogP contribution is 2.31. The Morgan fingerprint density at radius 3 is 1.95 bits per heavy atom. The smallest absolute Gasteiger partial charge is 0.387 e. The summed E-state index contributed by atoms with van der Waals surface area (Å²) >= 11 is 0. The molecule has 2 aliphatic rings. The molecule has 2 amide bonds. The maximum Gasteiger partial charge on any atom is 0.399 e. The number of hydrogen-bond donors (Lipinski definition) is 5. The van der Waals surface area contributed by atoms with Crippen molar-refractivity contribution in [1.29, 1.82) is 0 Å². The quantitative estimate of drug-likeness (QED) is 0.145. The molecule has 1 aliphatic carbocycles. The molecule has 18 nitrogen and oxygen atoms in total. The lowest BCUT2D eigenvalue weighted by molar-refractivity contribution is -0.260. The maximum atomic E-state index is 13.6. The zero-order valence-electron chi connectivity index (χ0n) is 21.7. The monoisotopic (exact) mass is 662 g/mol. The number of aliphatic hydroxyl groups excluding tert-OH is 1. The van der Waals surface area contributed by atoms with E-state index in [9.17, 15) is 44.5 Å². The van der Waals surface area contributed by atoms with Gasteiger partial charge < -0.3 is 9.84 Å². The minimum Gasteiger partial charge on any atom is -0.387 e. The summed E-state index contributed by atoms with van der Waals surface area (Å²) in [6.07, 6.45) is -8.75. The summed E-state index contributed by atoms with van der Waals surface area (Å²) in [6, 6.07) is 8.01. The van der Waals surface area contributed by atoms with Gasteiger partial charge in [0.1, 0.15) is 12.2 Å². The molecule has 1 saturated heterocycles. The van der Waals surface area contributed by atoms with Gasteiger partial charge in [0.05, 0.1) is 6.54 Å². The first-order chi connectivity index (χ1) is 19.4. The van der Waals surface area contributed by atoms with Gasteiger partial charge >= 0.3 is 31.2 Å². The van der Waals surface area contributed by atoms with Crippen LogP contribution in [0.5, 0.6) is 0 Å². The largest absolute Gasteiger partial charge is 0.399 e. The van der Waals surface area contributed by atoms with Crippen LogP contribution in [-0.4, -0.2) is 91.5 Å². The Labute approximate surface area is 241 Å². The number of nitrogens with one attached hydrogen (secondary N) is 1. The molecule has 238 valence electrons. The van der Waals surface area contributed by atoms with E-state index in [1.165, 1.54) is 0 Å². The molecule has 5 N–H and O–H groups in total. The molecule has 1 saturated carbocycles. The molecule has 42 heavy (non-hydrogen) atoms. The molecule has 0 radical (unpaired) electrons. The first-order valence-corrected chi connectivity index (χ1v) is 16.5. The number of amides is 2. The number of aliphatic hydroxyl groups is 1. The molecule has 0 spiro atoms. The Morgan fingerprint density at radius 2 is 1.40 bits per heavy atom. The summed E-state index contributed by atoms with van der Waals surface area (Å²) in [4.78, 5) is 26.5. The van der Waals surface area contributed by atoms with Crippen LogP contribution in [0.3, 0.4) is 0 Å². The highest BCUT2D eigenvalue weighted by molar-refractivity contribution is 7.81. The van der Waals surface area contributed by atoms with Gasteiger partial charge in [-0.1, -0.05) is 49.6 Å². The van der Waals surface area contributed by atoms with E-state index in [1.807, 2.05) is 0 Å². The standard InChI is InChI=1S/C21H30N2O16S3/c24-15(11-13-7-3-1-4-8-13)22-23(12-14-9-5-2-6-10-14)20(26)18-16(25)17(37-40(27,28)29)19(38-41(30,31)32)21(36-18)39-42(33,34)35/h2,5-6,9-10,13,16-19,21,25H,1,3-4,7-8,11-12H2,(H,22,24)(H,27,28,29)(H,30,31,32)(H,33,34,35)/t16-,17-,18-,19+,21+/m0/s1. The van der Waals surface area contributed by atoms with Crippen LogP contribution in [0.15, 0.2) is 30.3 Å². The second kappa shape index (κ2) is 14.0. The van der Waals surface area contributed by atoms with Crippen LogP contribution >= 0.6 is 0 Å². The fraction of sp³-hybridized carbons (Fsp3) is 0.619. The lowest BCUT2D eigenvalue weighted by atomic mass is 9.87. The third kappa shape index (κ3) is 10.8. The van der Waals surface area contributed by atoms with E-state index in [0.717, 1.165) is 32.1 Å². The summed E-state index contributed by atoms with van der Waals surface area (Å²) in [6.45, 7) is -0.360. The number of ether oxygens (including phenoxy) is 1. The number of rotatable bonds is 11. The van der Waals surface area contributed by atoms with Gasteiger partial charge in [-0.25, -0.2) is 17.6 Å². The predicted molar refractivity (Wildman–Crippen MR) is 136 cm³/mol. The number of hydrazine groups is 1. The van der Waals surface area contributed by atoms with Gasteiger partial charge in [0, 0.05) is 6.42 Å². The van der Waals surface area contributed by atoms with Crippen LogP contribution in [-0.2, 0) is 64.6 Å². The topological polar surface area (TPSA) is 270 Å². The maximum absolute atomic E-state index is 13.6. The molecule has 1 aromatic carbocycles. The summed E-state index contributed by atoms with van der Waals surface area (Å²) in [5.74, 6) is -1.93. The van der Waals surface area contributed by atoms with Crippen molar-refractivity contribution in [2.75, 3.05) is 0 Å². The highest BCUT2D eigenvalue weighted by atomic mass is 32.3. The zero-order chi connectivity index (χ0) is 31.3. The SMILES string of the molecule is O=C(CC1CCCCC1)NN(Cc1ccccc1)C(=O)[C@H]1O[C@H](OS(=O)(=O)O)[C@H](OS(=O)(=O)O)[C@@H](OS(=O)(=O)O)[C@@H]1O. The second-order valence-corrected chi connectivity index (χ2v) is 12.7. The van der Waals surface area contributed by atoms with Crippen molar-refractivity contribution in [2.45, 2.75) is 75.8 Å². The average Bonchev–Trinajstić information content (AvgIpc) is 2.86. The van der Waals surface area contributed by atoms with Crippen molar-refractivity contribution >= 4 is 43.0 Å². The van der Waals surface area contributed by atoms with Gasteiger partial charge in [0.25, 0.3) is 5.91 Å². The Hall–Kier alpha value is -2.31. The van der Waals surface area contributed by atoms with Crippen molar-refractivity contribution < 1.29 is 70.9 Å². The number of nitrogens with zero attached hydrogens (tertiary/aromatic N) is 1. The fourth-order valence-electron chi connectivity index (χ4n) is 4.66. The van der Waals surface area contributed by atoms with Gasteiger partial charge in [-0.3, -0.25) is 28.7 Å². The van der Waals surface area contributed by atoms with Crippen molar-refractivity contribution in [3.05, 3.63) is 35.9 Å². The van der Waals surface area contributed by atoms with Crippen LogP contribution in [0.2, 0.25) is 0 Å². The molecule has 3 rings (SSSR count). The van der Waals surface area contributed by atoms with Crippen LogP contribution in [0.1, 0.15) is 44.1 Å². The lowest BCUT2D eigenvalue weighted by Gasteiger charge is -2.42. The Balaban J connectivity index is 1.97. The van der Waals surface area contributed by atoms with Crippen LogP contribution < -0.4 is 5.43 Å². The van der Waals surface area contributed by atoms with Crippen LogP contribution in [0.25, 0.3) is 0 Å². The third-order valence-corrected chi connectivity index (χ3v) is 7.72. The van der Waals surface area contributed by atoms with E-state index in [4.69, 9.17) is 13.8 Å². The molecule has 0 bridgehead atoms. The molecule has 1 aromatic rings. The molecule has 1 heterocycles. The molecule has 0 unspecified atom stereocenters. The van der Waals surface area contributed by atoms with Gasteiger partial charge in [-0.2, -0.15) is 25.3 Å². The zero-order valence-corrected chi connectivity index (χ0v) is 24.1. The minimum absolute atomic E-state index is 0.0277. The Kier molecular flexibility index (Phi) is 11.4. The summed E-state index contributed by atoms with van der Waals surface area (Å²) < 4.78 is 114. The van der Waals surface area contributed by atoms with Gasteiger partial charge in [0.15, 0.2) is 12.2 Å². The molecule has 2 fully saturated rings. The summed E-state index contributed by atoms with van der Waals surface area (Å²) in [7, 11) is -16.8. The van der Waals surface area contributed by atoms with E-state index < -0.39 is 73.7 Å². The predicted octanol–water partition coefficient (Wildman–Crippen LogP) is -0.702. The number of carbonyl (C=O) groups excluding carboxylic acids is 2. The van der Waals surface area contributed by atoms with Crippen LogP contribution in [0, 0.1) is 5.92 Å². The van der Waals surface area contributed by atoms with E-state index >= 15 is 0 Å². The molecule has 21 heteroatoms. The van der Waals surface area contributed by atoms with E-state index in [0.29, 0.717) is 10.6 Å². The average molecular weight is 663 g/mol. The fourth-order valence-corrected chi connectivity index (χ4v) is 6.04. The van der Waals surface area contributed by atoms with Gasteiger partial charge in [-0.15, -0.1) is 0 Å². The third-order valence-electron chi connectivity index (χ3n) is 6.35. The second-order valence-electron chi connectivity index (χ2n) is 9.57. The normalized spacial score (nSPS) is 26.0. The van der Waals surface area contributed by atoms with Gasteiger partial charge in [-0.05, 0) is 24.3 Å². The molecule has 5 atom stereocenters. The molecular weight excluding hydrogens is 632 g/mol. The Bertz CT molecular complexity index is 1410. The van der Waals surface area contributed by atoms with E-state index in [-0.39, 0.29) is 18.9 Å². The number of carbonyl (C=O) groups is 2. The lowest BCUT2D eigenvalue weighted by Crippen LogP contribution is -2.65. The summed E-state index contributed by atoms with van der Waals surface area (Å²) in [5, 5.41) is 11.5. The first-order valence-electron chi connectivity index (χ1n) is 12.4. The van der Waals surface area contributed by atoms with Crippen molar-refractivity contribution in [3.8, 4) is 0 Å². The van der Waals surface area contributed by atoms with Gasteiger partial charge in [0.2, 0.25) is 12.2 Å². The van der Waals surface area contributed by atoms with Crippen LogP contribution in [0.4, 0.5) is 0 Å². The van der Waals surface area contributed by atoms with Crippen molar-refractivity contribution in [1.82, 2.24) is 10.4 Å².